The minimum absolute atomic E-state index is 0.0680. The molecule has 0 radical (unpaired) electrons. The number of phenolic OH excluding ortho intramolecular Hbond substituents is 1. The molecule has 72 valence electrons. The van der Waals surface area contributed by atoms with Crippen molar-refractivity contribution in [1.82, 2.24) is 4.98 Å². The van der Waals surface area contributed by atoms with Crippen LogP contribution in [0.15, 0.2) is 29.3 Å². The fourth-order valence-electron chi connectivity index (χ4n) is 1.39. The van der Waals surface area contributed by atoms with E-state index in [4.69, 9.17) is 5.73 Å². The van der Waals surface area contributed by atoms with Crippen molar-refractivity contribution in [3.05, 3.63) is 24.4 Å². The van der Waals surface area contributed by atoms with E-state index in [0.29, 0.717) is 11.2 Å². The van der Waals surface area contributed by atoms with Gasteiger partial charge in [-0.1, -0.05) is 6.07 Å². The first-order valence-corrected chi connectivity index (χ1v) is 5.36. The summed E-state index contributed by atoms with van der Waals surface area (Å²) in [7, 11) is 0. The average Bonchev–Trinajstić information content (AvgIpc) is 2.23. The van der Waals surface area contributed by atoms with Gasteiger partial charge in [0.15, 0.2) is 5.75 Å². The fraction of sp³-hybridized carbons (Fsp3) is 0.100. The van der Waals surface area contributed by atoms with Crippen molar-refractivity contribution < 1.29 is 5.11 Å². The summed E-state index contributed by atoms with van der Waals surface area (Å²) >= 11 is 1.59. The maximum absolute atomic E-state index is 9.68. The lowest BCUT2D eigenvalue weighted by molar-refractivity contribution is 0.482. The minimum atomic E-state index is 0.0680. The Kier molecular flexibility index (Phi) is 2.21. The summed E-state index contributed by atoms with van der Waals surface area (Å²) in [5.41, 5.74) is 6.60. The molecule has 1 heterocycles. The van der Waals surface area contributed by atoms with Crippen molar-refractivity contribution in [3.63, 3.8) is 0 Å². The number of pyridine rings is 1. The first kappa shape index (κ1) is 9.15. The van der Waals surface area contributed by atoms with Crippen molar-refractivity contribution in [1.29, 1.82) is 0 Å². The zero-order valence-electron chi connectivity index (χ0n) is 7.69. The molecule has 0 unspecified atom stereocenters. The first-order chi connectivity index (χ1) is 6.74. The quantitative estimate of drug-likeness (QED) is 0.427. The van der Waals surface area contributed by atoms with Crippen LogP contribution in [0.3, 0.4) is 0 Å². The largest absolute Gasteiger partial charge is 0.504 e. The number of nitrogens with two attached hydrogens (primary N) is 1. The SMILES string of the molecule is CSc1cc(N)c(O)c2ncccc12. The Hall–Kier alpha value is -1.42. The van der Waals surface area contributed by atoms with Gasteiger partial charge in [-0.3, -0.25) is 4.98 Å². The molecule has 0 aliphatic carbocycles. The molecule has 0 fully saturated rings. The molecule has 4 heteroatoms. The van der Waals surface area contributed by atoms with Crippen LogP contribution in [0.1, 0.15) is 0 Å². The molecule has 1 aromatic heterocycles. The van der Waals surface area contributed by atoms with Gasteiger partial charge >= 0.3 is 0 Å². The van der Waals surface area contributed by atoms with Crippen molar-refractivity contribution in [2.45, 2.75) is 4.90 Å². The molecule has 14 heavy (non-hydrogen) atoms. The number of aromatic nitrogens is 1. The zero-order valence-corrected chi connectivity index (χ0v) is 8.51. The van der Waals surface area contributed by atoms with E-state index in [0.717, 1.165) is 10.3 Å². The normalized spacial score (nSPS) is 10.6. The molecule has 1 aromatic carbocycles. The lowest BCUT2D eigenvalue weighted by Gasteiger charge is -2.07. The monoisotopic (exact) mass is 206 g/mol. The van der Waals surface area contributed by atoms with Crippen LogP contribution < -0.4 is 5.73 Å². The Morgan fingerprint density at radius 2 is 2.29 bits per heavy atom. The third kappa shape index (κ3) is 1.28. The second kappa shape index (κ2) is 3.38. The molecule has 3 nitrogen and oxygen atoms in total. The van der Waals surface area contributed by atoms with Crippen LogP contribution in [0.25, 0.3) is 10.9 Å². The van der Waals surface area contributed by atoms with E-state index in [-0.39, 0.29) is 5.75 Å². The molecule has 0 saturated carbocycles. The van der Waals surface area contributed by atoms with Crippen LogP contribution >= 0.6 is 11.8 Å². The van der Waals surface area contributed by atoms with Gasteiger partial charge in [0.2, 0.25) is 0 Å². The number of benzene rings is 1. The number of anilines is 1. The number of hydrogen-bond donors (Lipinski definition) is 2. The maximum atomic E-state index is 9.68. The summed E-state index contributed by atoms with van der Waals surface area (Å²) in [6, 6.07) is 5.54. The van der Waals surface area contributed by atoms with Gasteiger partial charge in [-0.05, 0) is 18.4 Å². The third-order valence-corrected chi connectivity index (χ3v) is 2.86. The number of thioether (sulfide) groups is 1. The van der Waals surface area contributed by atoms with Crippen molar-refractivity contribution >= 4 is 28.4 Å². The summed E-state index contributed by atoms with van der Waals surface area (Å²) in [5, 5.41) is 10.6. The summed E-state index contributed by atoms with van der Waals surface area (Å²) in [6.07, 6.45) is 3.61. The molecular weight excluding hydrogens is 196 g/mol. The topological polar surface area (TPSA) is 59.1 Å². The van der Waals surface area contributed by atoms with Crippen LogP contribution in [-0.4, -0.2) is 16.3 Å². The number of hydrogen-bond acceptors (Lipinski definition) is 4. The van der Waals surface area contributed by atoms with E-state index in [1.165, 1.54) is 0 Å². The van der Waals surface area contributed by atoms with Gasteiger partial charge in [-0.2, -0.15) is 0 Å². The molecule has 0 spiro atoms. The van der Waals surface area contributed by atoms with Crippen LogP contribution in [0.5, 0.6) is 5.75 Å². The molecule has 3 N–H and O–H groups in total. The van der Waals surface area contributed by atoms with E-state index >= 15 is 0 Å². The number of aromatic hydroxyl groups is 1. The lowest BCUT2D eigenvalue weighted by Crippen LogP contribution is -1.90. The average molecular weight is 206 g/mol. The third-order valence-electron chi connectivity index (χ3n) is 2.08. The lowest BCUT2D eigenvalue weighted by atomic mass is 10.2. The zero-order chi connectivity index (χ0) is 10.1. The molecule has 2 aromatic rings. The smallest absolute Gasteiger partial charge is 0.165 e. The summed E-state index contributed by atoms with van der Waals surface area (Å²) in [6.45, 7) is 0. The number of nitrogens with zero attached hydrogens (tertiary/aromatic N) is 1. The van der Waals surface area contributed by atoms with E-state index in [1.807, 2.05) is 18.4 Å². The first-order valence-electron chi connectivity index (χ1n) is 4.14. The van der Waals surface area contributed by atoms with Gasteiger partial charge in [0.05, 0.1) is 5.69 Å². The molecule has 0 amide bonds. The van der Waals surface area contributed by atoms with Gasteiger partial charge in [0.25, 0.3) is 0 Å². The van der Waals surface area contributed by atoms with E-state index in [9.17, 15) is 5.11 Å². The second-order valence-corrected chi connectivity index (χ2v) is 3.76. The summed E-state index contributed by atoms with van der Waals surface area (Å²) in [5.74, 6) is 0.0680. The summed E-state index contributed by atoms with van der Waals surface area (Å²) in [4.78, 5) is 5.14. The number of rotatable bonds is 1. The summed E-state index contributed by atoms with van der Waals surface area (Å²) < 4.78 is 0. The Labute approximate surface area is 86.0 Å². The van der Waals surface area contributed by atoms with Crippen molar-refractivity contribution in [2.75, 3.05) is 12.0 Å². The highest BCUT2D eigenvalue weighted by atomic mass is 32.2. The standard InChI is InChI=1S/C10H10N2OS/c1-14-8-5-7(11)10(13)9-6(8)3-2-4-12-9/h2-5,13H,11H2,1H3. The molecule has 2 rings (SSSR count). The highest BCUT2D eigenvalue weighted by molar-refractivity contribution is 7.98. The molecular formula is C10H10N2OS. The van der Waals surface area contributed by atoms with Gasteiger partial charge in [0.1, 0.15) is 5.52 Å². The van der Waals surface area contributed by atoms with Gasteiger partial charge in [0, 0.05) is 16.5 Å². The highest BCUT2D eigenvalue weighted by Crippen LogP contribution is 2.35. The van der Waals surface area contributed by atoms with E-state index in [2.05, 4.69) is 4.98 Å². The predicted molar refractivity (Wildman–Crippen MR) is 59.6 cm³/mol. The van der Waals surface area contributed by atoms with Gasteiger partial charge < -0.3 is 10.8 Å². The van der Waals surface area contributed by atoms with Crippen LogP contribution in [-0.2, 0) is 0 Å². The molecule has 0 aliphatic rings. The van der Waals surface area contributed by atoms with Crippen LogP contribution in [0, 0.1) is 0 Å². The van der Waals surface area contributed by atoms with Gasteiger partial charge in [-0.15, -0.1) is 11.8 Å². The Morgan fingerprint density at radius 3 is 3.00 bits per heavy atom. The molecule has 0 aliphatic heterocycles. The number of fused-ring (bicyclic) bond motifs is 1. The van der Waals surface area contributed by atoms with E-state index in [1.54, 1.807) is 24.0 Å². The minimum Gasteiger partial charge on any atom is -0.504 e. The maximum Gasteiger partial charge on any atom is 0.165 e. The molecule has 0 saturated heterocycles. The Morgan fingerprint density at radius 1 is 1.50 bits per heavy atom. The molecule has 0 bridgehead atoms. The number of phenols is 1. The second-order valence-electron chi connectivity index (χ2n) is 2.92. The van der Waals surface area contributed by atoms with Gasteiger partial charge in [-0.25, -0.2) is 0 Å². The van der Waals surface area contributed by atoms with Crippen molar-refractivity contribution in [2.24, 2.45) is 0 Å². The van der Waals surface area contributed by atoms with Crippen LogP contribution in [0.4, 0.5) is 5.69 Å². The fourth-order valence-corrected chi connectivity index (χ4v) is 2.02. The Balaban J connectivity index is 2.89. The predicted octanol–water partition coefficient (Wildman–Crippen LogP) is 2.24. The number of nitrogen functional groups attached to an aromatic ring is 1. The van der Waals surface area contributed by atoms with E-state index < -0.39 is 0 Å². The highest BCUT2D eigenvalue weighted by Gasteiger charge is 2.08. The Bertz CT molecular complexity index is 485. The molecule has 0 atom stereocenters. The van der Waals surface area contributed by atoms with Crippen LogP contribution in [0.2, 0.25) is 0 Å². The van der Waals surface area contributed by atoms with Crippen molar-refractivity contribution in [3.8, 4) is 5.75 Å².